The number of carboxylic acid groups (broad SMARTS) is 1. The van der Waals surface area contributed by atoms with Crippen LogP contribution in [0.1, 0.15) is 65.9 Å². The lowest BCUT2D eigenvalue weighted by Crippen LogP contribution is -2.11. The Morgan fingerprint density at radius 2 is 1.52 bits per heavy atom. The zero-order valence-corrected chi connectivity index (χ0v) is 23.7. The lowest BCUT2D eigenvalue weighted by atomic mass is 9.84. The van der Waals surface area contributed by atoms with E-state index in [2.05, 4.69) is 62.3 Å². The number of aromatic carboxylic acids is 1. The van der Waals surface area contributed by atoms with Gasteiger partial charge in [0, 0.05) is 22.6 Å². The van der Waals surface area contributed by atoms with Crippen molar-refractivity contribution in [2.24, 2.45) is 0 Å². The van der Waals surface area contributed by atoms with E-state index >= 15 is 0 Å². The number of benzene rings is 4. The maximum atomic E-state index is 11.3. The van der Waals surface area contributed by atoms with Gasteiger partial charge < -0.3 is 9.63 Å². The second kappa shape index (κ2) is 11.5. The number of hydrogen-bond acceptors (Lipinski definition) is 3. The van der Waals surface area contributed by atoms with Gasteiger partial charge in [-0.05, 0) is 76.4 Å². The maximum absolute atomic E-state index is 11.3. The molecular weight excluding hydrogens is 518 g/mol. The predicted molar refractivity (Wildman–Crippen MR) is 161 cm³/mol. The average Bonchev–Trinajstić information content (AvgIpc) is 3.44. The molecule has 0 spiro atoms. The maximum Gasteiger partial charge on any atom is 0.335 e. The second-order valence-corrected chi connectivity index (χ2v) is 11.6. The van der Waals surface area contributed by atoms with Gasteiger partial charge in [-0.2, -0.15) is 0 Å². The Bertz CT molecular complexity index is 1590. The van der Waals surface area contributed by atoms with E-state index < -0.39 is 5.97 Å². The largest absolute Gasteiger partial charge is 0.478 e. The first-order chi connectivity index (χ1) is 19.2. The van der Waals surface area contributed by atoms with E-state index in [1.54, 1.807) is 12.1 Å². The average molecular weight is 550 g/mol. The van der Waals surface area contributed by atoms with Crippen molar-refractivity contribution < 1.29 is 14.4 Å². The van der Waals surface area contributed by atoms with Gasteiger partial charge in [-0.25, -0.2) is 4.79 Å². The van der Waals surface area contributed by atoms with Crippen LogP contribution in [-0.4, -0.2) is 16.2 Å². The molecule has 5 heteroatoms. The number of carbonyl (C=O) groups is 1. The number of halogens is 1. The van der Waals surface area contributed by atoms with Gasteiger partial charge in [0.25, 0.3) is 0 Å². The standard InChI is InChI=1S/C35H32ClNO3/c1-35(2,3)29-16-12-25(13-17-29)31(20-9-23-7-10-26(11-8-23)34(38)39)32-22-33(40-37-32)28-6-4-5-27(21-28)24-14-18-30(36)19-15-24/h4-8,10-19,21-22,31H,9,20H2,1-3H3,(H,38,39)/t31-/m0/s1. The fraction of sp³-hybridized carbons (Fsp3) is 0.200. The van der Waals surface area contributed by atoms with Gasteiger partial charge in [0.15, 0.2) is 5.76 Å². The molecule has 0 saturated heterocycles. The highest BCUT2D eigenvalue weighted by atomic mass is 35.5. The predicted octanol–water partition coefficient (Wildman–Crippen LogP) is 9.42. The van der Waals surface area contributed by atoms with Gasteiger partial charge in [-0.1, -0.05) is 104 Å². The molecule has 202 valence electrons. The van der Waals surface area contributed by atoms with Crippen molar-refractivity contribution >= 4 is 17.6 Å². The first-order valence-electron chi connectivity index (χ1n) is 13.4. The number of rotatable bonds is 8. The molecule has 0 aliphatic carbocycles. The van der Waals surface area contributed by atoms with Gasteiger partial charge in [0.2, 0.25) is 0 Å². The third-order valence-corrected chi connectivity index (χ3v) is 7.56. The van der Waals surface area contributed by atoms with Crippen LogP contribution in [0.4, 0.5) is 0 Å². The molecule has 0 saturated carbocycles. The number of hydrogen-bond donors (Lipinski definition) is 1. The van der Waals surface area contributed by atoms with E-state index in [9.17, 15) is 9.90 Å². The summed E-state index contributed by atoms with van der Waals surface area (Å²) in [5.41, 5.74) is 7.87. The van der Waals surface area contributed by atoms with Crippen LogP contribution in [0.15, 0.2) is 108 Å². The summed E-state index contributed by atoms with van der Waals surface area (Å²) in [6.45, 7) is 6.63. The highest BCUT2D eigenvalue weighted by Gasteiger charge is 2.21. The van der Waals surface area contributed by atoms with E-state index in [0.29, 0.717) is 16.3 Å². The van der Waals surface area contributed by atoms with Crippen LogP contribution in [0.25, 0.3) is 22.5 Å². The van der Waals surface area contributed by atoms with Crippen molar-refractivity contribution in [1.29, 1.82) is 0 Å². The molecule has 0 aliphatic heterocycles. The van der Waals surface area contributed by atoms with Crippen LogP contribution in [0.3, 0.4) is 0 Å². The highest BCUT2D eigenvalue weighted by molar-refractivity contribution is 6.30. The number of nitrogens with zero attached hydrogens (tertiary/aromatic N) is 1. The molecule has 4 aromatic carbocycles. The Morgan fingerprint density at radius 1 is 0.850 bits per heavy atom. The summed E-state index contributed by atoms with van der Waals surface area (Å²) in [6, 6.07) is 33.9. The molecule has 1 heterocycles. The molecular formula is C35H32ClNO3. The van der Waals surface area contributed by atoms with Gasteiger partial charge in [-0.3, -0.25) is 0 Å². The molecule has 0 radical (unpaired) electrons. The summed E-state index contributed by atoms with van der Waals surface area (Å²) < 4.78 is 5.90. The minimum Gasteiger partial charge on any atom is -0.478 e. The lowest BCUT2D eigenvalue weighted by Gasteiger charge is -2.21. The Morgan fingerprint density at radius 3 is 2.17 bits per heavy atom. The molecule has 1 N–H and O–H groups in total. The Hall–Kier alpha value is -4.15. The van der Waals surface area contributed by atoms with Crippen LogP contribution in [0.2, 0.25) is 5.02 Å². The van der Waals surface area contributed by atoms with Crippen molar-refractivity contribution in [3.05, 3.63) is 136 Å². The quantitative estimate of drug-likeness (QED) is 0.209. The smallest absolute Gasteiger partial charge is 0.335 e. The number of aryl methyl sites for hydroxylation is 1. The molecule has 0 aliphatic rings. The number of carboxylic acids is 1. The topological polar surface area (TPSA) is 63.3 Å². The SMILES string of the molecule is CC(C)(C)c1ccc([C@H](CCc2ccc(C(=O)O)cc2)c2cc(-c3cccc(-c4ccc(Cl)cc4)c3)on2)cc1. The van der Waals surface area contributed by atoms with E-state index in [0.717, 1.165) is 40.8 Å². The molecule has 0 amide bonds. The van der Waals surface area contributed by atoms with Gasteiger partial charge in [0.1, 0.15) is 0 Å². The van der Waals surface area contributed by atoms with E-state index in [4.69, 9.17) is 16.1 Å². The lowest BCUT2D eigenvalue weighted by molar-refractivity contribution is 0.0697. The summed E-state index contributed by atoms with van der Waals surface area (Å²) in [6.07, 6.45) is 1.58. The van der Waals surface area contributed by atoms with Crippen molar-refractivity contribution in [2.75, 3.05) is 0 Å². The monoisotopic (exact) mass is 549 g/mol. The summed E-state index contributed by atoms with van der Waals surface area (Å²) in [4.78, 5) is 11.3. The molecule has 4 nitrogen and oxygen atoms in total. The van der Waals surface area contributed by atoms with Crippen LogP contribution in [0.5, 0.6) is 0 Å². The van der Waals surface area contributed by atoms with Crippen LogP contribution >= 0.6 is 11.6 Å². The summed E-state index contributed by atoms with van der Waals surface area (Å²) >= 11 is 6.08. The van der Waals surface area contributed by atoms with Crippen LogP contribution < -0.4 is 0 Å². The molecule has 40 heavy (non-hydrogen) atoms. The van der Waals surface area contributed by atoms with Crippen LogP contribution in [-0.2, 0) is 11.8 Å². The zero-order valence-electron chi connectivity index (χ0n) is 22.9. The molecule has 1 atom stereocenters. The first-order valence-corrected chi connectivity index (χ1v) is 13.8. The van der Waals surface area contributed by atoms with Crippen molar-refractivity contribution in [3.8, 4) is 22.5 Å². The summed E-state index contributed by atoms with van der Waals surface area (Å²) in [5, 5.41) is 14.5. The van der Waals surface area contributed by atoms with Crippen LogP contribution in [0, 0.1) is 0 Å². The van der Waals surface area contributed by atoms with E-state index in [1.165, 1.54) is 11.1 Å². The minimum absolute atomic E-state index is 0.0186. The summed E-state index contributed by atoms with van der Waals surface area (Å²) in [5.74, 6) is -0.184. The van der Waals surface area contributed by atoms with E-state index in [-0.39, 0.29) is 11.3 Å². The number of aromatic nitrogens is 1. The van der Waals surface area contributed by atoms with Gasteiger partial charge in [0.05, 0.1) is 11.3 Å². The van der Waals surface area contributed by atoms with Crippen molar-refractivity contribution in [1.82, 2.24) is 5.16 Å². The third-order valence-electron chi connectivity index (χ3n) is 7.31. The Labute approximate surface area is 240 Å². The molecule has 0 bridgehead atoms. The molecule has 0 fully saturated rings. The van der Waals surface area contributed by atoms with Crippen molar-refractivity contribution in [3.63, 3.8) is 0 Å². The van der Waals surface area contributed by atoms with Crippen molar-refractivity contribution in [2.45, 2.75) is 44.9 Å². The fourth-order valence-electron chi connectivity index (χ4n) is 4.91. The Balaban J connectivity index is 1.44. The molecule has 5 aromatic rings. The fourth-order valence-corrected chi connectivity index (χ4v) is 5.04. The van der Waals surface area contributed by atoms with E-state index in [1.807, 2.05) is 54.6 Å². The summed E-state index contributed by atoms with van der Waals surface area (Å²) in [7, 11) is 0. The van der Waals surface area contributed by atoms with Gasteiger partial charge in [-0.15, -0.1) is 0 Å². The highest BCUT2D eigenvalue weighted by Crippen LogP contribution is 2.34. The molecule has 5 rings (SSSR count). The van der Waals surface area contributed by atoms with Gasteiger partial charge >= 0.3 is 5.97 Å². The first kappa shape index (κ1) is 27.4. The Kier molecular flexibility index (Phi) is 7.90. The molecule has 0 unspecified atom stereocenters. The minimum atomic E-state index is -0.918. The normalized spacial score (nSPS) is 12.3. The zero-order chi connectivity index (χ0) is 28.3. The second-order valence-electron chi connectivity index (χ2n) is 11.2. The third kappa shape index (κ3) is 6.35. The molecule has 1 aromatic heterocycles.